The van der Waals surface area contributed by atoms with Crippen LogP contribution in [-0.4, -0.2) is 47.1 Å². The number of nitrogens with one attached hydrogen (secondary N) is 1. The molecule has 102 valence electrons. The molecular weight excluding hydrogens is 232 g/mol. The van der Waals surface area contributed by atoms with Crippen molar-refractivity contribution >= 4 is 11.8 Å². The van der Waals surface area contributed by atoms with E-state index in [0.29, 0.717) is 19.6 Å². The maximum Gasteiger partial charge on any atom is 0.225 e. The smallest absolute Gasteiger partial charge is 0.225 e. The Morgan fingerprint density at radius 3 is 2.61 bits per heavy atom. The first-order valence-corrected chi connectivity index (χ1v) is 6.76. The Bertz CT molecular complexity index is 337. The minimum atomic E-state index is -0.700. The zero-order valence-corrected chi connectivity index (χ0v) is 10.9. The van der Waals surface area contributed by atoms with Gasteiger partial charge in [-0.2, -0.15) is 0 Å². The highest BCUT2D eigenvalue weighted by Gasteiger charge is 2.34. The van der Waals surface area contributed by atoms with E-state index in [-0.39, 0.29) is 17.7 Å². The fraction of sp³-hybridized carbons (Fsp3) is 0.846. The van der Waals surface area contributed by atoms with Crippen molar-refractivity contribution in [3.8, 4) is 0 Å². The molecule has 0 bridgehead atoms. The molecular formula is C13H22N2O3. The van der Waals surface area contributed by atoms with E-state index in [1.807, 2.05) is 0 Å². The average Bonchev–Trinajstić information content (AvgIpc) is 2.95. The van der Waals surface area contributed by atoms with E-state index in [2.05, 4.69) is 5.32 Å². The summed E-state index contributed by atoms with van der Waals surface area (Å²) >= 11 is 0. The molecule has 1 heterocycles. The highest BCUT2D eigenvalue weighted by atomic mass is 16.3. The fourth-order valence-electron chi connectivity index (χ4n) is 2.87. The van der Waals surface area contributed by atoms with Gasteiger partial charge in [-0.1, -0.05) is 12.8 Å². The molecule has 0 aromatic rings. The van der Waals surface area contributed by atoms with Gasteiger partial charge in [-0.3, -0.25) is 9.59 Å². The summed E-state index contributed by atoms with van der Waals surface area (Å²) < 4.78 is 0. The van der Waals surface area contributed by atoms with E-state index in [0.717, 1.165) is 32.1 Å². The van der Waals surface area contributed by atoms with Gasteiger partial charge in [-0.15, -0.1) is 0 Å². The monoisotopic (exact) mass is 254 g/mol. The summed E-state index contributed by atoms with van der Waals surface area (Å²) in [5.74, 6) is -0.113. The number of likely N-dealkylation sites (tertiary alicyclic amines) is 1. The van der Waals surface area contributed by atoms with Crippen LogP contribution in [-0.2, 0) is 9.59 Å². The molecule has 5 heteroatoms. The van der Waals surface area contributed by atoms with Crippen LogP contribution < -0.4 is 5.32 Å². The van der Waals surface area contributed by atoms with Crippen LogP contribution in [0.15, 0.2) is 0 Å². The molecule has 2 rings (SSSR count). The maximum absolute atomic E-state index is 12.0. The summed E-state index contributed by atoms with van der Waals surface area (Å²) in [5.41, 5.74) is -0.700. The molecule has 0 aromatic heterocycles. The maximum atomic E-state index is 12.0. The topological polar surface area (TPSA) is 69.6 Å². The number of nitrogens with zero attached hydrogens (tertiary/aromatic N) is 1. The van der Waals surface area contributed by atoms with Crippen molar-refractivity contribution in [2.45, 2.75) is 44.6 Å². The third-order valence-corrected chi connectivity index (χ3v) is 4.13. The van der Waals surface area contributed by atoms with Gasteiger partial charge in [0.15, 0.2) is 0 Å². The van der Waals surface area contributed by atoms with Gasteiger partial charge in [0.2, 0.25) is 11.8 Å². The van der Waals surface area contributed by atoms with Crippen molar-refractivity contribution in [3.05, 3.63) is 0 Å². The lowest BCUT2D eigenvalue weighted by Crippen LogP contribution is -2.43. The molecule has 1 aliphatic heterocycles. The van der Waals surface area contributed by atoms with Gasteiger partial charge < -0.3 is 15.3 Å². The summed E-state index contributed by atoms with van der Waals surface area (Å²) in [5, 5.41) is 13.0. The minimum absolute atomic E-state index is 0.0275. The van der Waals surface area contributed by atoms with E-state index in [4.69, 9.17) is 0 Å². The summed E-state index contributed by atoms with van der Waals surface area (Å²) in [4.78, 5) is 24.8. The van der Waals surface area contributed by atoms with Crippen LogP contribution in [0.3, 0.4) is 0 Å². The van der Waals surface area contributed by atoms with Gasteiger partial charge in [0.05, 0.1) is 11.5 Å². The van der Waals surface area contributed by atoms with Crippen LogP contribution in [0, 0.1) is 5.92 Å². The lowest BCUT2D eigenvalue weighted by molar-refractivity contribution is -0.129. The SMILES string of the molecule is CC(=O)N1CCC(C(=O)NCC2(O)CCCC2)C1. The molecule has 1 aliphatic carbocycles. The molecule has 0 spiro atoms. The summed E-state index contributed by atoms with van der Waals surface area (Å²) in [6, 6.07) is 0. The first-order chi connectivity index (χ1) is 8.50. The molecule has 0 radical (unpaired) electrons. The standard InChI is InChI=1S/C13H22N2O3/c1-10(16)15-7-4-11(8-15)12(17)14-9-13(18)5-2-3-6-13/h11,18H,2-9H2,1H3,(H,14,17). The fourth-order valence-corrected chi connectivity index (χ4v) is 2.87. The molecule has 1 saturated carbocycles. The quantitative estimate of drug-likeness (QED) is 0.760. The number of hydrogen-bond acceptors (Lipinski definition) is 3. The molecule has 5 nitrogen and oxygen atoms in total. The highest BCUT2D eigenvalue weighted by molar-refractivity contribution is 5.81. The Hall–Kier alpha value is -1.10. The van der Waals surface area contributed by atoms with Crippen molar-refractivity contribution in [3.63, 3.8) is 0 Å². The first kappa shape index (κ1) is 13.3. The van der Waals surface area contributed by atoms with Crippen LogP contribution in [0.1, 0.15) is 39.0 Å². The second kappa shape index (κ2) is 5.26. The molecule has 2 aliphatic rings. The predicted molar refractivity (Wildman–Crippen MR) is 66.8 cm³/mol. The van der Waals surface area contributed by atoms with Crippen LogP contribution >= 0.6 is 0 Å². The van der Waals surface area contributed by atoms with Gasteiger partial charge in [0, 0.05) is 26.6 Å². The number of hydrogen-bond donors (Lipinski definition) is 2. The summed E-state index contributed by atoms with van der Waals surface area (Å²) in [6.07, 6.45) is 4.35. The Balaban J connectivity index is 1.77. The van der Waals surface area contributed by atoms with Gasteiger partial charge in [-0.05, 0) is 19.3 Å². The molecule has 2 fully saturated rings. The third kappa shape index (κ3) is 3.02. The third-order valence-electron chi connectivity index (χ3n) is 4.13. The Morgan fingerprint density at radius 2 is 2.06 bits per heavy atom. The normalized spacial score (nSPS) is 26.3. The molecule has 18 heavy (non-hydrogen) atoms. The summed E-state index contributed by atoms with van der Waals surface area (Å²) in [6.45, 7) is 3.06. The van der Waals surface area contributed by atoms with Gasteiger partial charge in [-0.25, -0.2) is 0 Å². The van der Waals surface area contributed by atoms with Crippen molar-refractivity contribution in [2.75, 3.05) is 19.6 Å². The average molecular weight is 254 g/mol. The second-order valence-corrected chi connectivity index (χ2v) is 5.60. The van der Waals surface area contributed by atoms with Crippen molar-refractivity contribution < 1.29 is 14.7 Å². The Morgan fingerprint density at radius 1 is 1.39 bits per heavy atom. The van der Waals surface area contributed by atoms with Crippen molar-refractivity contribution in [1.29, 1.82) is 0 Å². The van der Waals surface area contributed by atoms with E-state index >= 15 is 0 Å². The Kier molecular flexibility index (Phi) is 3.90. The van der Waals surface area contributed by atoms with Gasteiger partial charge in [0.1, 0.15) is 0 Å². The van der Waals surface area contributed by atoms with E-state index in [1.165, 1.54) is 6.92 Å². The molecule has 1 atom stereocenters. The van der Waals surface area contributed by atoms with Crippen LogP contribution in [0.5, 0.6) is 0 Å². The van der Waals surface area contributed by atoms with Crippen molar-refractivity contribution in [1.82, 2.24) is 10.2 Å². The number of aliphatic hydroxyl groups is 1. The largest absolute Gasteiger partial charge is 0.388 e. The molecule has 2 amide bonds. The van der Waals surface area contributed by atoms with E-state index in [9.17, 15) is 14.7 Å². The van der Waals surface area contributed by atoms with Crippen LogP contribution in [0.25, 0.3) is 0 Å². The minimum Gasteiger partial charge on any atom is -0.388 e. The first-order valence-electron chi connectivity index (χ1n) is 6.76. The zero-order valence-electron chi connectivity index (χ0n) is 10.9. The number of rotatable bonds is 3. The van der Waals surface area contributed by atoms with Crippen molar-refractivity contribution in [2.24, 2.45) is 5.92 Å². The predicted octanol–water partition coefficient (Wildman–Crippen LogP) is 0.276. The number of carbonyl (C=O) groups excluding carboxylic acids is 2. The molecule has 0 aromatic carbocycles. The Labute approximate surface area is 108 Å². The van der Waals surface area contributed by atoms with E-state index < -0.39 is 5.60 Å². The van der Waals surface area contributed by atoms with Gasteiger partial charge >= 0.3 is 0 Å². The van der Waals surface area contributed by atoms with Crippen LogP contribution in [0.2, 0.25) is 0 Å². The van der Waals surface area contributed by atoms with Crippen LogP contribution in [0.4, 0.5) is 0 Å². The molecule has 2 N–H and O–H groups in total. The summed E-state index contributed by atoms with van der Waals surface area (Å²) in [7, 11) is 0. The lowest BCUT2D eigenvalue weighted by Gasteiger charge is -2.23. The molecule has 1 unspecified atom stereocenters. The zero-order chi connectivity index (χ0) is 13.2. The highest BCUT2D eigenvalue weighted by Crippen LogP contribution is 2.28. The lowest BCUT2D eigenvalue weighted by atomic mass is 10.0. The number of amides is 2. The molecule has 1 saturated heterocycles. The van der Waals surface area contributed by atoms with Gasteiger partial charge in [0.25, 0.3) is 0 Å². The number of carbonyl (C=O) groups is 2. The second-order valence-electron chi connectivity index (χ2n) is 5.60. The van der Waals surface area contributed by atoms with E-state index in [1.54, 1.807) is 4.90 Å².